The lowest BCUT2D eigenvalue weighted by Gasteiger charge is -2.31. The van der Waals surface area contributed by atoms with E-state index >= 15 is 0 Å². The molecule has 2 aliphatic heterocycles. The van der Waals surface area contributed by atoms with Crippen molar-refractivity contribution in [2.24, 2.45) is 5.92 Å². The van der Waals surface area contributed by atoms with Gasteiger partial charge in [0.05, 0.1) is 12.2 Å². The molecule has 25 heavy (non-hydrogen) atoms. The van der Waals surface area contributed by atoms with Gasteiger partial charge < -0.3 is 14.5 Å². The van der Waals surface area contributed by atoms with Crippen molar-refractivity contribution in [2.75, 3.05) is 32.8 Å². The number of likely N-dealkylation sites (tertiary alicyclic amines) is 2. The number of piperidine rings is 1. The van der Waals surface area contributed by atoms with Crippen LogP contribution in [0, 0.1) is 5.92 Å². The zero-order valence-electron chi connectivity index (χ0n) is 14.7. The number of nitrogens with zero attached hydrogens (tertiary/aromatic N) is 2. The number of amides is 2. The second-order valence-electron chi connectivity index (χ2n) is 6.78. The molecule has 2 fully saturated rings. The standard InChI is InChI=1S/C20H26N2O3/c1-2-19(23)21-13-9-16(10-14-21)15-25-18-8-4-3-7-17(18)20(24)22-11-5-6-12-22/h2-4,7-8,16H,1,5-6,9-15H2. The molecule has 0 atom stereocenters. The predicted octanol–water partition coefficient (Wildman–Crippen LogP) is 2.73. The first-order valence-corrected chi connectivity index (χ1v) is 9.11. The zero-order valence-corrected chi connectivity index (χ0v) is 14.7. The van der Waals surface area contributed by atoms with Gasteiger partial charge in [0.1, 0.15) is 5.75 Å². The fourth-order valence-corrected chi connectivity index (χ4v) is 3.52. The van der Waals surface area contributed by atoms with Gasteiger partial charge in [-0.25, -0.2) is 0 Å². The Balaban J connectivity index is 1.56. The fourth-order valence-electron chi connectivity index (χ4n) is 3.52. The highest BCUT2D eigenvalue weighted by Crippen LogP contribution is 2.24. The summed E-state index contributed by atoms with van der Waals surface area (Å²) in [6.45, 7) is 7.28. The highest BCUT2D eigenvalue weighted by molar-refractivity contribution is 5.97. The zero-order chi connectivity index (χ0) is 17.6. The van der Waals surface area contributed by atoms with Gasteiger partial charge in [0.25, 0.3) is 5.91 Å². The topological polar surface area (TPSA) is 49.9 Å². The number of ether oxygens (including phenoxy) is 1. The number of para-hydroxylation sites is 1. The van der Waals surface area contributed by atoms with Crippen LogP contribution in [0.1, 0.15) is 36.0 Å². The fraction of sp³-hybridized carbons (Fsp3) is 0.500. The van der Waals surface area contributed by atoms with Crippen molar-refractivity contribution in [1.82, 2.24) is 9.80 Å². The SMILES string of the molecule is C=CC(=O)N1CCC(COc2ccccc2C(=O)N2CCCC2)CC1. The summed E-state index contributed by atoms with van der Waals surface area (Å²) in [6, 6.07) is 7.51. The maximum Gasteiger partial charge on any atom is 0.257 e. The van der Waals surface area contributed by atoms with Crippen LogP contribution < -0.4 is 4.74 Å². The molecule has 0 unspecified atom stereocenters. The molecule has 134 valence electrons. The van der Waals surface area contributed by atoms with Crippen LogP contribution in [-0.4, -0.2) is 54.4 Å². The largest absolute Gasteiger partial charge is 0.492 e. The van der Waals surface area contributed by atoms with Crippen LogP contribution in [0.4, 0.5) is 0 Å². The van der Waals surface area contributed by atoms with E-state index in [0.717, 1.165) is 51.9 Å². The van der Waals surface area contributed by atoms with E-state index in [9.17, 15) is 9.59 Å². The Hall–Kier alpha value is -2.30. The van der Waals surface area contributed by atoms with E-state index in [1.165, 1.54) is 6.08 Å². The lowest BCUT2D eigenvalue weighted by atomic mass is 9.97. The van der Waals surface area contributed by atoms with Crippen LogP contribution in [0.2, 0.25) is 0 Å². The molecular weight excluding hydrogens is 316 g/mol. The smallest absolute Gasteiger partial charge is 0.257 e. The summed E-state index contributed by atoms with van der Waals surface area (Å²) >= 11 is 0. The second kappa shape index (κ2) is 8.19. The predicted molar refractivity (Wildman–Crippen MR) is 96.6 cm³/mol. The Kier molecular flexibility index (Phi) is 5.74. The van der Waals surface area contributed by atoms with Gasteiger partial charge in [-0.1, -0.05) is 18.7 Å². The first-order chi connectivity index (χ1) is 12.2. The van der Waals surface area contributed by atoms with Crippen molar-refractivity contribution >= 4 is 11.8 Å². The molecule has 1 aromatic rings. The number of hydrogen-bond donors (Lipinski definition) is 0. The molecule has 0 spiro atoms. The summed E-state index contributed by atoms with van der Waals surface area (Å²) < 4.78 is 6.01. The van der Waals surface area contributed by atoms with E-state index < -0.39 is 0 Å². The van der Waals surface area contributed by atoms with E-state index in [4.69, 9.17) is 4.74 Å². The molecule has 1 aromatic carbocycles. The van der Waals surface area contributed by atoms with Gasteiger partial charge in [0.2, 0.25) is 5.91 Å². The highest BCUT2D eigenvalue weighted by Gasteiger charge is 2.24. The summed E-state index contributed by atoms with van der Waals surface area (Å²) in [7, 11) is 0. The van der Waals surface area contributed by atoms with Gasteiger partial charge in [-0.15, -0.1) is 0 Å². The number of carbonyl (C=O) groups is 2. The van der Waals surface area contributed by atoms with Crippen molar-refractivity contribution in [2.45, 2.75) is 25.7 Å². The summed E-state index contributed by atoms with van der Waals surface area (Å²) in [4.78, 5) is 28.0. The van der Waals surface area contributed by atoms with Crippen molar-refractivity contribution < 1.29 is 14.3 Å². The van der Waals surface area contributed by atoms with E-state index in [1.807, 2.05) is 34.1 Å². The van der Waals surface area contributed by atoms with E-state index in [-0.39, 0.29) is 11.8 Å². The van der Waals surface area contributed by atoms with Crippen molar-refractivity contribution in [3.63, 3.8) is 0 Å². The lowest BCUT2D eigenvalue weighted by Crippen LogP contribution is -2.38. The maximum atomic E-state index is 12.7. The molecule has 0 N–H and O–H groups in total. The number of hydrogen-bond acceptors (Lipinski definition) is 3. The van der Waals surface area contributed by atoms with E-state index in [1.54, 1.807) is 0 Å². The first-order valence-electron chi connectivity index (χ1n) is 9.11. The number of carbonyl (C=O) groups excluding carboxylic acids is 2. The molecule has 2 amide bonds. The Morgan fingerprint density at radius 3 is 2.44 bits per heavy atom. The quantitative estimate of drug-likeness (QED) is 0.773. The van der Waals surface area contributed by atoms with Gasteiger partial charge in [-0.05, 0) is 49.8 Å². The summed E-state index contributed by atoms with van der Waals surface area (Å²) in [5.74, 6) is 1.15. The van der Waals surface area contributed by atoms with Crippen LogP contribution in [0.15, 0.2) is 36.9 Å². The molecule has 0 bridgehead atoms. The van der Waals surface area contributed by atoms with Crippen LogP contribution >= 0.6 is 0 Å². The molecule has 2 heterocycles. The molecule has 0 aromatic heterocycles. The van der Waals surface area contributed by atoms with E-state index in [0.29, 0.717) is 23.8 Å². The monoisotopic (exact) mass is 342 g/mol. The minimum absolute atomic E-state index is 0.000855. The molecule has 5 heteroatoms. The van der Waals surface area contributed by atoms with Crippen molar-refractivity contribution in [3.05, 3.63) is 42.5 Å². The summed E-state index contributed by atoms with van der Waals surface area (Å²) in [6.07, 6.45) is 5.37. The minimum Gasteiger partial charge on any atom is -0.492 e. The van der Waals surface area contributed by atoms with Gasteiger partial charge in [0.15, 0.2) is 0 Å². The van der Waals surface area contributed by atoms with Crippen molar-refractivity contribution in [1.29, 1.82) is 0 Å². The molecule has 5 nitrogen and oxygen atoms in total. The first kappa shape index (κ1) is 17.5. The Morgan fingerprint density at radius 1 is 1.08 bits per heavy atom. The second-order valence-corrected chi connectivity index (χ2v) is 6.78. The Labute approximate surface area is 149 Å². The number of rotatable bonds is 5. The van der Waals surface area contributed by atoms with E-state index in [2.05, 4.69) is 6.58 Å². The summed E-state index contributed by atoms with van der Waals surface area (Å²) in [5.41, 5.74) is 0.656. The third kappa shape index (κ3) is 4.21. The van der Waals surface area contributed by atoms with Gasteiger partial charge in [-0.3, -0.25) is 9.59 Å². The third-order valence-corrected chi connectivity index (χ3v) is 5.09. The molecule has 0 aliphatic carbocycles. The Bertz CT molecular complexity index is 630. The van der Waals surface area contributed by atoms with Crippen molar-refractivity contribution in [3.8, 4) is 5.75 Å². The maximum absolute atomic E-state index is 12.7. The lowest BCUT2D eigenvalue weighted by molar-refractivity contribution is -0.127. The normalized spacial score (nSPS) is 18.2. The van der Waals surface area contributed by atoms with Crippen LogP contribution in [-0.2, 0) is 4.79 Å². The highest BCUT2D eigenvalue weighted by atomic mass is 16.5. The average Bonchev–Trinajstić information content (AvgIpc) is 3.20. The molecule has 2 aliphatic rings. The van der Waals surface area contributed by atoms with Gasteiger partial charge >= 0.3 is 0 Å². The molecule has 2 saturated heterocycles. The minimum atomic E-state index is 0.000855. The van der Waals surface area contributed by atoms with Crippen LogP contribution in [0.25, 0.3) is 0 Å². The molecule has 0 radical (unpaired) electrons. The molecule has 3 rings (SSSR count). The molecule has 0 saturated carbocycles. The number of benzene rings is 1. The van der Waals surface area contributed by atoms with Crippen LogP contribution in [0.5, 0.6) is 5.75 Å². The van der Waals surface area contributed by atoms with Gasteiger partial charge in [0, 0.05) is 26.2 Å². The summed E-state index contributed by atoms with van der Waals surface area (Å²) in [5, 5.41) is 0. The van der Waals surface area contributed by atoms with Gasteiger partial charge in [-0.2, -0.15) is 0 Å². The average molecular weight is 342 g/mol. The molecular formula is C20H26N2O3. The Morgan fingerprint density at radius 2 is 1.76 bits per heavy atom. The van der Waals surface area contributed by atoms with Crippen LogP contribution in [0.3, 0.4) is 0 Å². The third-order valence-electron chi connectivity index (χ3n) is 5.09.